The van der Waals surface area contributed by atoms with Crippen LogP contribution in [0.3, 0.4) is 0 Å². The molecule has 14 atom stereocenters. The Balaban J connectivity index is 1.95. The van der Waals surface area contributed by atoms with Crippen LogP contribution < -0.4 is 119 Å². The molecule has 0 radical (unpaired) electrons. The van der Waals surface area contributed by atoms with Gasteiger partial charge >= 0.3 is 11.9 Å². The number of aromatic amines is 1. The van der Waals surface area contributed by atoms with E-state index in [1.54, 1.807) is 102 Å². The van der Waals surface area contributed by atoms with Crippen molar-refractivity contribution in [1.82, 2.24) is 95.4 Å². The summed E-state index contributed by atoms with van der Waals surface area (Å²) in [5.74, 6) is -19.6. The number of para-hydroxylation sites is 1. The Hall–Kier alpha value is -13.1. The molecular weight excluding hydrogens is 1630 g/mol. The first-order valence-electron chi connectivity index (χ1n) is 41.3. The first-order valence-corrected chi connectivity index (χ1v) is 41.3. The number of aromatic nitrogens is 1. The highest BCUT2D eigenvalue weighted by Crippen LogP contribution is 2.21. The van der Waals surface area contributed by atoms with E-state index in [1.165, 1.54) is 20.8 Å². The van der Waals surface area contributed by atoms with Crippen molar-refractivity contribution in [3.05, 3.63) is 71.9 Å². The molecule has 0 unspecified atom stereocenters. The van der Waals surface area contributed by atoms with Gasteiger partial charge in [0.1, 0.15) is 85.1 Å². The van der Waals surface area contributed by atoms with Gasteiger partial charge in [-0.15, -0.1) is 0 Å². The summed E-state index contributed by atoms with van der Waals surface area (Å²) in [6.45, 7) is 12.2. The van der Waals surface area contributed by atoms with Crippen molar-refractivity contribution in [1.29, 1.82) is 10.8 Å². The maximum atomic E-state index is 15.0. The van der Waals surface area contributed by atoms with E-state index in [-0.39, 0.29) is 109 Å². The molecule has 45 heteroatoms. The molecule has 0 bridgehead atoms. The van der Waals surface area contributed by atoms with Gasteiger partial charge in [-0.25, -0.2) is 0 Å². The van der Waals surface area contributed by atoms with Gasteiger partial charge in [0.05, 0.1) is 13.1 Å². The molecule has 2 aromatic carbocycles. The summed E-state index contributed by atoms with van der Waals surface area (Å²) in [5.41, 5.74) is 28.9. The zero-order valence-corrected chi connectivity index (χ0v) is 72.0. The number of benzene rings is 2. The second-order valence-electron chi connectivity index (χ2n) is 31.0. The fourth-order valence-electron chi connectivity index (χ4n) is 12.6. The summed E-state index contributed by atoms with van der Waals surface area (Å²) in [6.07, 6.45) is 0.137. The van der Waals surface area contributed by atoms with E-state index >= 15 is 4.79 Å². The van der Waals surface area contributed by atoms with Gasteiger partial charge in [0.15, 0.2) is 11.9 Å². The SMILES string of the molecule is CC[C@H](C)[C@H](NC(=O)[C@H](Cc1ccccc1)NC(=O)[C@H](CCC(=O)O)NC(=O)[C@H](CCCCN)NC(=O)[C@H](C)NC(=O)[C@H](C)NC(=O)[C@H](CCC(N)=O)NC(=O)CN)C(=O)N[C@@H](C)C(=O)N[C@@H](Cc1c[nH]c2ccccc12)C(=O)N[C@@H](CC(C)C)C(=O)N[C@H](C(=O)N[C@@H](CCCNC(=N)N)C(=O)NCC(=O)N[C@@H](CCCNC(=N)N)C(=O)NCC(=O)O)C(C)C. The van der Waals surface area contributed by atoms with E-state index < -0.39 is 235 Å². The number of hydrogen-bond donors (Lipinski definition) is 27. The number of unbranched alkanes of at least 4 members (excludes halogenated alkanes) is 1. The number of carbonyl (C=O) groups excluding carboxylic acids is 16. The van der Waals surface area contributed by atoms with Crippen molar-refractivity contribution in [3.63, 3.8) is 0 Å². The lowest BCUT2D eigenvalue weighted by Gasteiger charge is -2.30. The number of nitrogens with one attached hydrogen (secondary N) is 20. The number of amides is 16. The quantitative estimate of drug-likeness (QED) is 0.0142. The number of carbonyl (C=O) groups is 18. The van der Waals surface area contributed by atoms with E-state index in [4.69, 9.17) is 44.6 Å². The molecule has 692 valence electrons. The molecule has 0 saturated carbocycles. The largest absolute Gasteiger partial charge is 0.481 e. The third-order valence-electron chi connectivity index (χ3n) is 19.8. The fourth-order valence-corrected chi connectivity index (χ4v) is 12.6. The Kier molecular flexibility index (Phi) is 46.8. The molecule has 3 aromatic rings. The molecule has 1 aromatic heterocycles. The number of carboxylic acids is 2. The molecule has 125 heavy (non-hydrogen) atoms. The Bertz CT molecular complexity index is 4200. The first kappa shape index (κ1) is 106. The molecule has 45 nitrogen and oxygen atoms in total. The van der Waals surface area contributed by atoms with E-state index in [1.807, 2.05) is 0 Å². The standard InChI is InChI=1S/C80H127N25O20/c1-10-43(6)65(105-76(123)57(35-47-20-12-11-13-21-47)103-73(120)55(28-30-62(109)110)99-72(119)53(24-16-17-31-81)98-67(114)45(8)93-66(113)44(7)94-71(118)54(27-29-59(83)106)96-60(107)37-82)78(125)95-46(9)68(115)101-58(36-48-38-90-50-23-15-14-22-49(48)50)74(121)102-56(34-41(2)3)75(122)104-64(42(4)5)77(124)100-52(26-19-33-89-80(86)87)70(117)91-39-61(108)97-51(25-18-32-88-79(84)85)69(116)92-40-63(111)112/h11-15,20-23,38,41-46,51-58,64-65,90H,10,16-19,24-37,39-40,81-82H2,1-9H3,(H2,83,106)(H,91,117)(H,92,116)(H,93,113)(H,94,118)(H,95,125)(H,96,107)(H,97,108)(H,98,114)(H,99,119)(H,100,124)(H,101,115)(H,102,121)(H,103,120)(H,104,122)(H,105,123)(H,109,110)(H,111,112)(H4,84,85,88)(H4,86,87,89)/t43-,44-,45-,46-,51-,52-,53-,54-,55-,56-,57-,58-,64-,65-/m0/s1. The summed E-state index contributed by atoms with van der Waals surface area (Å²) in [6, 6.07) is -3.48. The Morgan fingerprint density at radius 2 is 0.816 bits per heavy atom. The molecular formula is C80H127N25O20. The van der Waals surface area contributed by atoms with Crippen molar-refractivity contribution in [2.24, 2.45) is 46.4 Å². The minimum Gasteiger partial charge on any atom is -0.481 e. The van der Waals surface area contributed by atoms with E-state index in [2.05, 4.69) is 95.4 Å². The maximum absolute atomic E-state index is 15.0. The van der Waals surface area contributed by atoms with Gasteiger partial charge in [-0.2, -0.15) is 0 Å². The van der Waals surface area contributed by atoms with Gasteiger partial charge in [-0.05, 0) is 126 Å². The highest BCUT2D eigenvalue weighted by Gasteiger charge is 2.39. The fraction of sp³-hybridized carbons (Fsp3) is 0.575. The monoisotopic (exact) mass is 1760 g/mol. The lowest BCUT2D eigenvalue weighted by Crippen LogP contribution is -2.61. The predicted octanol–water partition coefficient (Wildman–Crippen LogP) is -5.88. The average molecular weight is 1760 g/mol. The number of hydrogen-bond acceptors (Lipinski definition) is 22. The highest BCUT2D eigenvalue weighted by molar-refractivity contribution is 6.01. The van der Waals surface area contributed by atoms with Gasteiger partial charge < -0.3 is 134 Å². The summed E-state index contributed by atoms with van der Waals surface area (Å²) < 4.78 is 0. The lowest BCUT2D eigenvalue weighted by atomic mass is 9.96. The third-order valence-corrected chi connectivity index (χ3v) is 19.8. The minimum absolute atomic E-state index is 0.0399. The number of fused-ring (bicyclic) bond motifs is 1. The van der Waals surface area contributed by atoms with Gasteiger partial charge in [-0.3, -0.25) is 97.1 Å². The van der Waals surface area contributed by atoms with Crippen LogP contribution in [0.1, 0.15) is 157 Å². The number of nitrogens with two attached hydrogens (primary N) is 5. The molecule has 1 heterocycles. The molecule has 32 N–H and O–H groups in total. The van der Waals surface area contributed by atoms with Gasteiger partial charge in [0.2, 0.25) is 94.5 Å². The lowest BCUT2D eigenvalue weighted by molar-refractivity contribution is -0.139. The number of guanidine groups is 2. The minimum atomic E-state index is -1.71. The van der Waals surface area contributed by atoms with Crippen molar-refractivity contribution in [2.75, 3.05) is 39.3 Å². The van der Waals surface area contributed by atoms with E-state index in [9.17, 15) is 86.6 Å². The number of rotatable bonds is 58. The predicted molar refractivity (Wildman–Crippen MR) is 457 cm³/mol. The first-order chi connectivity index (χ1) is 59.0. The van der Waals surface area contributed by atoms with Gasteiger partial charge in [0.25, 0.3) is 0 Å². The van der Waals surface area contributed by atoms with Crippen LogP contribution in [0.4, 0.5) is 0 Å². The molecule has 0 saturated heterocycles. The third kappa shape index (κ3) is 39.7. The molecule has 0 aliphatic carbocycles. The normalized spacial score (nSPS) is 14.4. The zero-order chi connectivity index (χ0) is 93.7. The molecule has 16 amide bonds. The van der Waals surface area contributed by atoms with Crippen molar-refractivity contribution < 1.29 is 96.5 Å². The van der Waals surface area contributed by atoms with Crippen molar-refractivity contribution >= 4 is 129 Å². The summed E-state index contributed by atoms with van der Waals surface area (Å²) in [5, 5.41) is 77.8. The zero-order valence-electron chi connectivity index (χ0n) is 72.0. The molecule has 0 fully saturated rings. The molecule has 0 spiro atoms. The van der Waals surface area contributed by atoms with Crippen LogP contribution in [0.25, 0.3) is 10.9 Å². The van der Waals surface area contributed by atoms with Gasteiger partial charge in [0, 0.05) is 55.9 Å². The smallest absolute Gasteiger partial charge is 0.322 e. The molecule has 0 aliphatic rings. The number of aliphatic carboxylic acids is 2. The van der Waals surface area contributed by atoms with Crippen molar-refractivity contribution in [2.45, 2.75) is 237 Å². The van der Waals surface area contributed by atoms with Crippen LogP contribution >= 0.6 is 0 Å². The van der Waals surface area contributed by atoms with Crippen LogP contribution in [0.15, 0.2) is 60.8 Å². The Morgan fingerprint density at radius 1 is 0.400 bits per heavy atom. The summed E-state index contributed by atoms with van der Waals surface area (Å²) in [4.78, 5) is 248. The van der Waals surface area contributed by atoms with Crippen molar-refractivity contribution in [3.8, 4) is 0 Å². The van der Waals surface area contributed by atoms with Crippen LogP contribution in [0.5, 0.6) is 0 Å². The summed E-state index contributed by atoms with van der Waals surface area (Å²) in [7, 11) is 0. The Labute approximate surface area is 723 Å². The molecule has 3 rings (SSSR count). The second kappa shape index (κ2) is 55.1. The van der Waals surface area contributed by atoms with E-state index in [0.29, 0.717) is 28.5 Å². The number of primary amides is 1. The topological polar surface area (TPSA) is 746 Å². The van der Waals surface area contributed by atoms with Crippen LogP contribution in [-0.4, -0.2) is 251 Å². The number of carboxylic acid groups (broad SMARTS) is 2. The van der Waals surface area contributed by atoms with E-state index in [0.717, 1.165) is 0 Å². The van der Waals surface area contributed by atoms with Crippen LogP contribution in [0.2, 0.25) is 0 Å². The highest BCUT2D eigenvalue weighted by atomic mass is 16.4. The maximum Gasteiger partial charge on any atom is 0.322 e. The van der Waals surface area contributed by atoms with Crippen LogP contribution in [-0.2, 0) is 99.1 Å². The second-order valence-corrected chi connectivity index (χ2v) is 31.0. The Morgan fingerprint density at radius 3 is 1.36 bits per heavy atom. The molecule has 0 aliphatic heterocycles. The van der Waals surface area contributed by atoms with Crippen LogP contribution in [0, 0.1) is 28.6 Å². The summed E-state index contributed by atoms with van der Waals surface area (Å²) >= 11 is 0. The van der Waals surface area contributed by atoms with Gasteiger partial charge in [-0.1, -0.05) is 96.5 Å². The number of H-pyrrole nitrogens is 1. The average Bonchev–Trinajstić information content (AvgIpc) is 1.75.